The number of nitrogens with zero attached hydrogens (tertiary/aromatic N) is 3. The third-order valence-corrected chi connectivity index (χ3v) is 12.9. The minimum Gasteiger partial charge on any atom is -0.455 e. The van der Waals surface area contributed by atoms with Crippen molar-refractivity contribution in [2.45, 2.75) is 0 Å². The molecule has 0 saturated heterocycles. The Morgan fingerprint density at radius 2 is 0.924 bits per heavy atom. The van der Waals surface area contributed by atoms with E-state index in [9.17, 15) is 0 Å². The molecule has 0 radical (unpaired) electrons. The maximum absolute atomic E-state index is 7.09. The van der Waals surface area contributed by atoms with Gasteiger partial charge in [0.05, 0.1) is 34.6 Å². The number of hydrogen-bond donors (Lipinski definition) is 0. The van der Waals surface area contributed by atoms with Crippen LogP contribution in [0.5, 0.6) is 0 Å². The molecule has 10 aromatic carbocycles. The molecular formula is C61H39N3O2. The lowest BCUT2D eigenvalue weighted by atomic mass is 9.95. The molecule has 3 aromatic heterocycles. The van der Waals surface area contributed by atoms with Crippen molar-refractivity contribution in [2.75, 3.05) is 9.80 Å². The van der Waals surface area contributed by atoms with Gasteiger partial charge in [0, 0.05) is 55.5 Å². The largest absolute Gasteiger partial charge is 0.455 e. The third kappa shape index (κ3) is 6.13. The number of anilines is 6. The van der Waals surface area contributed by atoms with Crippen LogP contribution in [0.2, 0.25) is 0 Å². The topological polar surface area (TPSA) is 45.7 Å². The predicted octanol–water partition coefficient (Wildman–Crippen LogP) is 17.5. The van der Waals surface area contributed by atoms with E-state index in [0.29, 0.717) is 0 Å². The van der Waals surface area contributed by atoms with Crippen molar-refractivity contribution in [2.24, 2.45) is 0 Å². The maximum atomic E-state index is 7.09. The Labute approximate surface area is 380 Å². The molecule has 0 amide bonds. The molecule has 0 aliphatic rings. The van der Waals surface area contributed by atoms with Crippen molar-refractivity contribution < 1.29 is 8.83 Å². The van der Waals surface area contributed by atoms with Gasteiger partial charge < -0.3 is 18.6 Å². The van der Waals surface area contributed by atoms with Crippen LogP contribution in [-0.2, 0) is 0 Å². The first-order valence-electron chi connectivity index (χ1n) is 22.3. The highest BCUT2D eigenvalue weighted by molar-refractivity contribution is 6.30. The Bertz CT molecular complexity index is 3900. The Morgan fingerprint density at radius 1 is 0.318 bits per heavy atom. The van der Waals surface area contributed by atoms with E-state index < -0.39 is 0 Å². The third-order valence-electron chi connectivity index (χ3n) is 12.9. The van der Waals surface area contributed by atoms with Gasteiger partial charge in [0.15, 0.2) is 5.58 Å². The molecule has 0 bridgehead atoms. The average molecular weight is 846 g/mol. The fraction of sp³-hybridized carbons (Fsp3) is 0. The number of pyridine rings is 1. The summed E-state index contributed by atoms with van der Waals surface area (Å²) in [4.78, 5) is 9.61. The minimum atomic E-state index is 0.807. The van der Waals surface area contributed by atoms with E-state index in [-0.39, 0.29) is 0 Å². The highest BCUT2D eigenvalue weighted by Gasteiger charge is 2.24. The molecule has 5 heteroatoms. The van der Waals surface area contributed by atoms with Gasteiger partial charge in [-0.1, -0.05) is 146 Å². The van der Waals surface area contributed by atoms with Crippen LogP contribution >= 0.6 is 0 Å². The van der Waals surface area contributed by atoms with Gasteiger partial charge in [0.2, 0.25) is 0 Å². The number of furan rings is 2. The molecule has 310 valence electrons. The lowest BCUT2D eigenvalue weighted by Gasteiger charge is -2.27. The van der Waals surface area contributed by atoms with Gasteiger partial charge in [0.25, 0.3) is 0 Å². The number of hydrogen-bond acceptors (Lipinski definition) is 5. The first-order valence-corrected chi connectivity index (χ1v) is 22.3. The molecule has 13 rings (SSSR count). The summed E-state index contributed by atoms with van der Waals surface area (Å²) in [7, 11) is 0. The standard InChI is InChI=1S/C61H39N3O2/c1-4-17-40(18-5-1)46-23-12-14-28-55(46)64(56-29-16-27-50-48-25-13-15-30-57(48)65-60(50)56)44-32-35-52-58(38-44)66-61-51-34-31-41(37-53(51)47-24-10-11-26-49(47)59(52)61)54-36-33-45(39-62-54)63(42-19-6-2-7-20-42)43-21-8-3-9-22-43/h1-39H. The molecule has 0 aliphatic carbocycles. The van der Waals surface area contributed by atoms with Crippen molar-refractivity contribution in [1.29, 1.82) is 0 Å². The van der Waals surface area contributed by atoms with Crippen LogP contribution in [0.25, 0.3) is 87.8 Å². The molecule has 13 aromatic rings. The van der Waals surface area contributed by atoms with Crippen molar-refractivity contribution in [3.63, 3.8) is 0 Å². The summed E-state index contributed by atoms with van der Waals surface area (Å²) in [6, 6.07) is 80.9. The monoisotopic (exact) mass is 845 g/mol. The Hall–Kier alpha value is -8.93. The summed E-state index contributed by atoms with van der Waals surface area (Å²) in [5.74, 6) is 0. The highest BCUT2D eigenvalue weighted by atomic mass is 16.3. The molecule has 0 fully saturated rings. The second-order valence-electron chi connectivity index (χ2n) is 16.7. The van der Waals surface area contributed by atoms with E-state index >= 15 is 0 Å². The molecule has 5 nitrogen and oxygen atoms in total. The first-order chi connectivity index (χ1) is 32.7. The SMILES string of the molecule is c1ccc(-c2ccccc2N(c2ccc3c(c2)oc2c4ccc(-c5ccc(N(c6ccccc6)c6ccccc6)cn5)cc4c4ccccc4c32)c2cccc3c2oc2ccccc23)cc1. The van der Waals surface area contributed by atoms with Crippen LogP contribution < -0.4 is 9.80 Å². The molecular weight excluding hydrogens is 807 g/mol. The zero-order valence-corrected chi connectivity index (χ0v) is 35.7. The first kappa shape index (κ1) is 37.6. The van der Waals surface area contributed by atoms with Gasteiger partial charge in [-0.25, -0.2) is 0 Å². The van der Waals surface area contributed by atoms with Gasteiger partial charge in [-0.2, -0.15) is 0 Å². The van der Waals surface area contributed by atoms with Gasteiger partial charge in [-0.3, -0.25) is 4.98 Å². The van der Waals surface area contributed by atoms with E-state index in [2.05, 4.69) is 216 Å². The van der Waals surface area contributed by atoms with Crippen molar-refractivity contribution in [1.82, 2.24) is 4.98 Å². The fourth-order valence-corrected chi connectivity index (χ4v) is 9.88. The molecule has 3 heterocycles. The van der Waals surface area contributed by atoms with Crippen molar-refractivity contribution in [3.8, 4) is 22.4 Å². The van der Waals surface area contributed by atoms with Crippen molar-refractivity contribution in [3.05, 3.63) is 237 Å². The second-order valence-corrected chi connectivity index (χ2v) is 16.7. The van der Waals surface area contributed by atoms with E-state index in [4.69, 9.17) is 13.8 Å². The number of fused-ring (bicyclic) bond motifs is 11. The quantitative estimate of drug-likeness (QED) is 0.143. The minimum absolute atomic E-state index is 0.807. The zero-order valence-electron chi connectivity index (χ0n) is 35.7. The van der Waals surface area contributed by atoms with Crippen molar-refractivity contribution >= 4 is 99.5 Å². The van der Waals surface area contributed by atoms with Gasteiger partial charge in [-0.15, -0.1) is 0 Å². The summed E-state index contributed by atoms with van der Waals surface area (Å²) in [6.45, 7) is 0. The van der Waals surface area contributed by atoms with E-state index in [1.807, 2.05) is 30.5 Å². The van der Waals surface area contributed by atoms with Gasteiger partial charge in [-0.05, 0) is 101 Å². The number of rotatable bonds is 8. The fourth-order valence-electron chi connectivity index (χ4n) is 9.88. The summed E-state index contributed by atoms with van der Waals surface area (Å²) in [5.41, 5.74) is 13.6. The van der Waals surface area contributed by atoms with E-state index in [0.717, 1.165) is 117 Å². The molecule has 0 aliphatic heterocycles. The second kappa shape index (κ2) is 15.4. The van der Waals surface area contributed by atoms with Gasteiger partial charge in [0.1, 0.15) is 16.7 Å². The van der Waals surface area contributed by atoms with Gasteiger partial charge >= 0.3 is 0 Å². The smallest absolute Gasteiger partial charge is 0.159 e. The highest BCUT2D eigenvalue weighted by Crippen LogP contribution is 2.48. The van der Waals surface area contributed by atoms with E-state index in [1.54, 1.807) is 0 Å². The summed E-state index contributed by atoms with van der Waals surface area (Å²) in [6.07, 6.45) is 1.97. The van der Waals surface area contributed by atoms with Crippen LogP contribution in [0.4, 0.5) is 34.1 Å². The Morgan fingerprint density at radius 3 is 1.70 bits per heavy atom. The average Bonchev–Trinajstić information content (AvgIpc) is 3.97. The molecule has 0 saturated carbocycles. The number of para-hydroxylation sites is 5. The molecule has 0 spiro atoms. The van der Waals surface area contributed by atoms with Crippen LogP contribution in [0.15, 0.2) is 246 Å². The summed E-state index contributed by atoms with van der Waals surface area (Å²) >= 11 is 0. The molecule has 66 heavy (non-hydrogen) atoms. The zero-order chi connectivity index (χ0) is 43.6. The molecule has 0 unspecified atom stereocenters. The number of aromatic nitrogens is 1. The van der Waals surface area contributed by atoms with Crippen LogP contribution in [0, 0.1) is 0 Å². The van der Waals surface area contributed by atoms with Crippen LogP contribution in [0.1, 0.15) is 0 Å². The lowest BCUT2D eigenvalue weighted by Crippen LogP contribution is -2.11. The van der Waals surface area contributed by atoms with E-state index in [1.165, 1.54) is 5.39 Å². The molecule has 0 atom stereocenters. The predicted molar refractivity (Wildman–Crippen MR) is 274 cm³/mol. The summed E-state index contributed by atoms with van der Waals surface area (Å²) in [5, 5.41) is 8.81. The number of benzene rings is 10. The Kier molecular flexibility index (Phi) is 8.78. The Balaban J connectivity index is 0.967. The summed E-state index contributed by atoms with van der Waals surface area (Å²) < 4.78 is 13.8. The van der Waals surface area contributed by atoms with Crippen LogP contribution in [-0.4, -0.2) is 4.98 Å². The normalized spacial score (nSPS) is 11.6. The molecule has 0 N–H and O–H groups in total. The van der Waals surface area contributed by atoms with Crippen LogP contribution in [0.3, 0.4) is 0 Å². The lowest BCUT2D eigenvalue weighted by molar-refractivity contribution is 0.668. The maximum Gasteiger partial charge on any atom is 0.159 e.